The Morgan fingerprint density at radius 3 is 1.85 bits per heavy atom. The molecule has 172 valence electrons. The Balaban J connectivity index is 1.50. The van der Waals surface area contributed by atoms with Gasteiger partial charge in [-0.1, -0.05) is 55.1 Å². The van der Waals surface area contributed by atoms with Crippen molar-refractivity contribution in [2.24, 2.45) is 0 Å². The first kappa shape index (κ1) is 23.1. The second kappa shape index (κ2) is 9.82. The van der Waals surface area contributed by atoms with Gasteiger partial charge in [0, 0.05) is 5.56 Å². The van der Waals surface area contributed by atoms with Crippen molar-refractivity contribution in [2.45, 2.75) is 44.4 Å². The highest BCUT2D eigenvalue weighted by Gasteiger charge is 2.29. The lowest BCUT2D eigenvalue weighted by molar-refractivity contribution is 0.310. The van der Waals surface area contributed by atoms with E-state index in [0.29, 0.717) is 42.4 Å². The fraction of sp³-hybridized carbons (Fsp3) is 0.286. The Morgan fingerprint density at radius 2 is 1.30 bits per heavy atom. The van der Waals surface area contributed by atoms with Crippen LogP contribution in [0, 0.1) is 23.3 Å². The summed E-state index contributed by atoms with van der Waals surface area (Å²) in [6, 6.07) is 13.4. The predicted molar refractivity (Wildman–Crippen MR) is 123 cm³/mol. The van der Waals surface area contributed by atoms with Gasteiger partial charge >= 0.3 is 0 Å². The van der Waals surface area contributed by atoms with Gasteiger partial charge in [0.15, 0.2) is 23.2 Å². The summed E-state index contributed by atoms with van der Waals surface area (Å²) in [6.45, 7) is 5.65. The normalized spacial score (nSPS) is 18.2. The Bertz CT molecular complexity index is 1150. The lowest BCUT2D eigenvalue weighted by atomic mass is 9.75. The quantitative estimate of drug-likeness (QED) is 0.340. The Kier molecular flexibility index (Phi) is 6.87. The first-order valence-corrected chi connectivity index (χ1v) is 11.3. The van der Waals surface area contributed by atoms with Gasteiger partial charge in [0.05, 0.1) is 6.61 Å². The van der Waals surface area contributed by atoms with E-state index in [9.17, 15) is 13.2 Å². The minimum Gasteiger partial charge on any atom is -0.491 e. The SMILES string of the molecule is C=Cc1ccc(-c2ccc(C3CCC(c4ccc(OCC)c(F)c4F)CC3)c(F)c2F)cc1. The third-order valence-electron chi connectivity index (χ3n) is 6.55. The number of hydrogen-bond donors (Lipinski definition) is 0. The molecule has 1 fully saturated rings. The van der Waals surface area contributed by atoms with E-state index < -0.39 is 23.3 Å². The summed E-state index contributed by atoms with van der Waals surface area (Å²) in [5.41, 5.74) is 2.37. The number of halogens is 4. The molecule has 0 bridgehead atoms. The molecule has 0 heterocycles. The molecule has 0 aliphatic heterocycles. The van der Waals surface area contributed by atoms with Crippen LogP contribution in [-0.2, 0) is 0 Å². The molecular weight excluding hydrogens is 428 g/mol. The number of hydrogen-bond acceptors (Lipinski definition) is 1. The number of benzene rings is 3. The molecule has 0 aromatic heterocycles. The van der Waals surface area contributed by atoms with Gasteiger partial charge in [-0.2, -0.15) is 4.39 Å². The standard InChI is InChI=1S/C28H26F4O/c1-3-17-5-7-18(8-6-17)21-13-14-22(26(30)25(21)29)19-9-11-20(12-10-19)23-15-16-24(33-4-2)28(32)27(23)31/h3,5-8,13-16,19-20H,1,4,9-12H2,2H3. The minimum atomic E-state index is -0.971. The highest BCUT2D eigenvalue weighted by atomic mass is 19.2. The molecule has 1 nitrogen and oxygen atoms in total. The first-order valence-electron chi connectivity index (χ1n) is 11.3. The molecule has 33 heavy (non-hydrogen) atoms. The van der Waals surface area contributed by atoms with E-state index in [4.69, 9.17) is 4.74 Å². The van der Waals surface area contributed by atoms with Crippen LogP contribution in [0.4, 0.5) is 17.6 Å². The van der Waals surface area contributed by atoms with Gasteiger partial charge in [0.1, 0.15) is 0 Å². The molecule has 0 N–H and O–H groups in total. The fourth-order valence-electron chi connectivity index (χ4n) is 4.75. The van der Waals surface area contributed by atoms with Gasteiger partial charge in [-0.3, -0.25) is 0 Å². The maximum Gasteiger partial charge on any atom is 0.200 e. The minimum absolute atomic E-state index is 0.0933. The molecular formula is C28H26F4O. The lowest BCUT2D eigenvalue weighted by Gasteiger charge is -2.30. The predicted octanol–water partition coefficient (Wildman–Crippen LogP) is 8.39. The maximum absolute atomic E-state index is 15.0. The smallest absolute Gasteiger partial charge is 0.200 e. The van der Waals surface area contributed by atoms with Gasteiger partial charge in [-0.05, 0) is 72.8 Å². The summed E-state index contributed by atoms with van der Waals surface area (Å²) in [4.78, 5) is 0. The van der Waals surface area contributed by atoms with Crippen LogP contribution in [0.2, 0.25) is 0 Å². The van der Waals surface area contributed by atoms with Crippen molar-refractivity contribution in [3.05, 3.63) is 95.1 Å². The molecule has 1 saturated carbocycles. The van der Waals surface area contributed by atoms with Crippen LogP contribution in [-0.4, -0.2) is 6.61 Å². The van der Waals surface area contributed by atoms with Crippen LogP contribution in [0.3, 0.4) is 0 Å². The van der Waals surface area contributed by atoms with Crippen molar-refractivity contribution in [1.82, 2.24) is 0 Å². The van der Waals surface area contributed by atoms with Crippen molar-refractivity contribution in [3.8, 4) is 16.9 Å². The summed E-state index contributed by atoms with van der Waals surface area (Å²) in [5, 5.41) is 0. The topological polar surface area (TPSA) is 9.23 Å². The summed E-state index contributed by atoms with van der Waals surface area (Å²) in [7, 11) is 0. The van der Waals surface area contributed by atoms with Crippen LogP contribution in [0.15, 0.2) is 55.1 Å². The van der Waals surface area contributed by atoms with Crippen LogP contribution in [0.25, 0.3) is 17.2 Å². The molecule has 1 aliphatic rings. The van der Waals surface area contributed by atoms with E-state index in [-0.39, 0.29) is 29.8 Å². The van der Waals surface area contributed by atoms with E-state index in [2.05, 4.69) is 6.58 Å². The van der Waals surface area contributed by atoms with Gasteiger partial charge in [0.25, 0.3) is 0 Å². The Labute approximate surface area is 191 Å². The van der Waals surface area contributed by atoms with Gasteiger partial charge < -0.3 is 4.74 Å². The van der Waals surface area contributed by atoms with E-state index in [1.165, 1.54) is 6.07 Å². The summed E-state index contributed by atoms with van der Waals surface area (Å²) in [6.07, 6.45) is 3.97. The largest absolute Gasteiger partial charge is 0.491 e. The zero-order valence-corrected chi connectivity index (χ0v) is 18.5. The van der Waals surface area contributed by atoms with Crippen molar-refractivity contribution in [2.75, 3.05) is 6.61 Å². The monoisotopic (exact) mass is 454 g/mol. The molecule has 1 aliphatic carbocycles. The van der Waals surface area contributed by atoms with Crippen molar-refractivity contribution < 1.29 is 22.3 Å². The Hall–Kier alpha value is -3.08. The van der Waals surface area contributed by atoms with E-state index in [1.54, 1.807) is 55.5 Å². The number of rotatable bonds is 6. The average Bonchev–Trinajstić information content (AvgIpc) is 2.84. The van der Waals surface area contributed by atoms with Gasteiger partial charge in [-0.15, -0.1) is 0 Å². The molecule has 0 saturated heterocycles. The zero-order chi connectivity index (χ0) is 23.5. The molecule has 5 heteroatoms. The molecule has 3 aromatic carbocycles. The van der Waals surface area contributed by atoms with E-state index in [0.717, 1.165) is 5.56 Å². The molecule has 0 amide bonds. The zero-order valence-electron chi connectivity index (χ0n) is 18.5. The molecule has 0 unspecified atom stereocenters. The third kappa shape index (κ3) is 4.54. The summed E-state index contributed by atoms with van der Waals surface area (Å²) < 4.78 is 63.9. The van der Waals surface area contributed by atoms with Crippen molar-refractivity contribution in [3.63, 3.8) is 0 Å². The van der Waals surface area contributed by atoms with Crippen LogP contribution in [0.5, 0.6) is 5.75 Å². The molecule has 4 rings (SSSR count). The average molecular weight is 455 g/mol. The van der Waals surface area contributed by atoms with Crippen LogP contribution in [0.1, 0.15) is 61.1 Å². The fourth-order valence-corrected chi connectivity index (χ4v) is 4.75. The summed E-state index contributed by atoms with van der Waals surface area (Å²) in [5.74, 6) is -3.97. The molecule has 0 spiro atoms. The van der Waals surface area contributed by atoms with E-state index >= 15 is 4.39 Å². The Morgan fingerprint density at radius 1 is 0.758 bits per heavy atom. The highest BCUT2D eigenvalue weighted by Crippen LogP contribution is 2.43. The van der Waals surface area contributed by atoms with Gasteiger partial charge in [0.2, 0.25) is 5.82 Å². The lowest BCUT2D eigenvalue weighted by Crippen LogP contribution is -2.15. The second-order valence-electron chi connectivity index (χ2n) is 8.42. The van der Waals surface area contributed by atoms with Crippen molar-refractivity contribution >= 4 is 6.08 Å². The molecule has 0 radical (unpaired) electrons. The maximum atomic E-state index is 15.0. The highest BCUT2D eigenvalue weighted by molar-refractivity contribution is 5.66. The van der Waals surface area contributed by atoms with E-state index in [1.807, 2.05) is 0 Å². The van der Waals surface area contributed by atoms with Gasteiger partial charge in [-0.25, -0.2) is 13.2 Å². The van der Waals surface area contributed by atoms with Crippen LogP contribution < -0.4 is 4.74 Å². The van der Waals surface area contributed by atoms with Crippen molar-refractivity contribution in [1.29, 1.82) is 0 Å². The van der Waals surface area contributed by atoms with Crippen LogP contribution >= 0.6 is 0 Å². The molecule has 3 aromatic rings. The second-order valence-corrected chi connectivity index (χ2v) is 8.42. The first-order chi connectivity index (χ1) is 15.9. The summed E-state index contributed by atoms with van der Waals surface area (Å²) >= 11 is 0. The molecule has 0 atom stereocenters. The third-order valence-corrected chi connectivity index (χ3v) is 6.55. The number of ether oxygens (including phenoxy) is 1.